The Morgan fingerprint density at radius 3 is 3.00 bits per heavy atom. The summed E-state index contributed by atoms with van der Waals surface area (Å²) in [6.45, 7) is 5.81. The Balaban J connectivity index is 2.70. The Kier molecular flexibility index (Phi) is 5.50. The number of carbonyl (C=O) groups excluding carboxylic acids is 1. The van der Waals surface area contributed by atoms with Gasteiger partial charge < -0.3 is 4.74 Å². The van der Waals surface area contributed by atoms with Crippen molar-refractivity contribution in [1.82, 2.24) is 0 Å². The van der Waals surface area contributed by atoms with Crippen molar-refractivity contribution in [3.05, 3.63) is 36.9 Å². The minimum absolute atomic E-state index is 0.369. The van der Waals surface area contributed by atoms with Crippen LogP contribution in [0.25, 0.3) is 0 Å². The van der Waals surface area contributed by atoms with Gasteiger partial charge >= 0.3 is 6.09 Å². The smallest absolute Gasteiger partial charge is 0.411 e. The molecule has 86 valence electrons. The number of hydrogen-bond acceptors (Lipinski definition) is 3. The molecule has 4 heteroatoms. The molecular weight excluding hydrogens is 222 g/mol. The lowest BCUT2D eigenvalue weighted by molar-refractivity contribution is 0.168. The third-order valence-electron chi connectivity index (χ3n) is 1.76. The third kappa shape index (κ3) is 3.98. The maximum atomic E-state index is 11.3. The summed E-state index contributed by atoms with van der Waals surface area (Å²) in [5.74, 6) is 0.807. The summed E-state index contributed by atoms with van der Waals surface area (Å²) in [6, 6.07) is 7.61. The number of ether oxygens (including phenoxy) is 1. The summed E-state index contributed by atoms with van der Waals surface area (Å²) in [4.78, 5) is 12.3. The van der Waals surface area contributed by atoms with Gasteiger partial charge in [-0.15, -0.1) is 18.3 Å². The normalized spacial score (nSPS) is 9.56. The molecule has 0 aliphatic heterocycles. The molecule has 0 bridgehead atoms. The summed E-state index contributed by atoms with van der Waals surface area (Å²) in [6.07, 6.45) is 1.40. The first-order valence-electron chi connectivity index (χ1n) is 5.04. The Morgan fingerprint density at radius 2 is 2.31 bits per heavy atom. The van der Waals surface area contributed by atoms with E-state index in [0.29, 0.717) is 6.61 Å². The molecule has 0 fully saturated rings. The highest BCUT2D eigenvalue weighted by atomic mass is 32.2. The van der Waals surface area contributed by atoms with Crippen LogP contribution in [-0.2, 0) is 4.74 Å². The molecule has 0 radical (unpaired) electrons. The molecule has 0 saturated heterocycles. The van der Waals surface area contributed by atoms with Gasteiger partial charge in [0.1, 0.15) is 0 Å². The number of benzene rings is 1. The lowest BCUT2D eigenvalue weighted by Crippen LogP contribution is -2.13. The number of anilines is 1. The predicted octanol–water partition coefficient (Wildman–Crippen LogP) is 3.53. The van der Waals surface area contributed by atoms with E-state index in [-0.39, 0.29) is 0 Å². The van der Waals surface area contributed by atoms with Crippen LogP contribution in [0.15, 0.2) is 41.8 Å². The second-order valence-corrected chi connectivity index (χ2v) is 4.00. The summed E-state index contributed by atoms with van der Waals surface area (Å²) in [5.41, 5.74) is 0.771. The molecule has 16 heavy (non-hydrogen) atoms. The van der Waals surface area contributed by atoms with Gasteiger partial charge in [-0.3, -0.25) is 5.32 Å². The SMILES string of the molecule is C=CCSc1ccccc1NC(=O)OCC. The van der Waals surface area contributed by atoms with Crippen molar-refractivity contribution in [3.8, 4) is 0 Å². The zero-order valence-corrected chi connectivity index (χ0v) is 10.0. The highest BCUT2D eigenvalue weighted by Gasteiger charge is 2.06. The van der Waals surface area contributed by atoms with Crippen molar-refractivity contribution >= 4 is 23.5 Å². The van der Waals surface area contributed by atoms with Crippen LogP contribution in [-0.4, -0.2) is 18.5 Å². The van der Waals surface area contributed by atoms with Crippen LogP contribution in [0, 0.1) is 0 Å². The first-order chi connectivity index (χ1) is 7.77. The Labute approximate surface area is 99.9 Å². The molecule has 1 N–H and O–H groups in total. The highest BCUT2D eigenvalue weighted by molar-refractivity contribution is 7.99. The van der Waals surface area contributed by atoms with Gasteiger partial charge in [0.05, 0.1) is 12.3 Å². The summed E-state index contributed by atoms with van der Waals surface area (Å²) in [5, 5.41) is 2.70. The lowest BCUT2D eigenvalue weighted by atomic mass is 10.3. The topological polar surface area (TPSA) is 38.3 Å². The van der Waals surface area contributed by atoms with Crippen LogP contribution in [0.1, 0.15) is 6.92 Å². The van der Waals surface area contributed by atoms with E-state index in [1.165, 1.54) is 0 Å². The van der Waals surface area contributed by atoms with E-state index in [1.54, 1.807) is 18.7 Å². The molecule has 0 spiro atoms. The van der Waals surface area contributed by atoms with Crippen molar-refractivity contribution < 1.29 is 9.53 Å². The van der Waals surface area contributed by atoms with Crippen molar-refractivity contribution in [1.29, 1.82) is 0 Å². The second kappa shape index (κ2) is 6.95. The monoisotopic (exact) mass is 237 g/mol. The summed E-state index contributed by atoms with van der Waals surface area (Å²) < 4.78 is 4.83. The molecule has 0 aromatic heterocycles. The van der Waals surface area contributed by atoms with E-state index in [0.717, 1.165) is 16.3 Å². The van der Waals surface area contributed by atoms with E-state index < -0.39 is 6.09 Å². The number of thioether (sulfide) groups is 1. The second-order valence-electron chi connectivity index (χ2n) is 2.94. The van der Waals surface area contributed by atoms with Gasteiger partial charge in [-0.05, 0) is 19.1 Å². The molecule has 0 aliphatic rings. The molecule has 3 nitrogen and oxygen atoms in total. The minimum atomic E-state index is -0.422. The Hall–Kier alpha value is -1.42. The van der Waals surface area contributed by atoms with Crippen LogP contribution >= 0.6 is 11.8 Å². The minimum Gasteiger partial charge on any atom is -0.450 e. The lowest BCUT2D eigenvalue weighted by Gasteiger charge is -2.09. The fourth-order valence-electron chi connectivity index (χ4n) is 1.12. The van der Waals surface area contributed by atoms with Crippen LogP contribution in [0.5, 0.6) is 0 Å². The van der Waals surface area contributed by atoms with Gasteiger partial charge in [0.2, 0.25) is 0 Å². The number of nitrogens with one attached hydrogen (secondary N) is 1. The molecule has 0 heterocycles. The van der Waals surface area contributed by atoms with Crippen molar-refractivity contribution in [3.63, 3.8) is 0 Å². The third-order valence-corrected chi connectivity index (χ3v) is 2.83. The first kappa shape index (κ1) is 12.6. The Bertz CT molecular complexity index is 366. The summed E-state index contributed by atoms with van der Waals surface area (Å²) in [7, 11) is 0. The van der Waals surface area contributed by atoms with Crippen LogP contribution in [0.4, 0.5) is 10.5 Å². The van der Waals surface area contributed by atoms with Crippen LogP contribution < -0.4 is 5.32 Å². The quantitative estimate of drug-likeness (QED) is 0.629. The van der Waals surface area contributed by atoms with Crippen molar-refractivity contribution in [2.45, 2.75) is 11.8 Å². The maximum Gasteiger partial charge on any atom is 0.411 e. The Morgan fingerprint density at radius 1 is 1.56 bits per heavy atom. The number of para-hydroxylation sites is 1. The molecular formula is C12H15NO2S. The van der Waals surface area contributed by atoms with Crippen LogP contribution in [0.2, 0.25) is 0 Å². The molecule has 0 atom stereocenters. The maximum absolute atomic E-state index is 11.3. The van der Waals surface area contributed by atoms with Gasteiger partial charge in [0, 0.05) is 10.6 Å². The summed E-state index contributed by atoms with van der Waals surface area (Å²) >= 11 is 1.62. The van der Waals surface area contributed by atoms with Crippen molar-refractivity contribution in [2.24, 2.45) is 0 Å². The first-order valence-corrected chi connectivity index (χ1v) is 6.03. The van der Waals surface area contributed by atoms with E-state index in [9.17, 15) is 4.79 Å². The zero-order chi connectivity index (χ0) is 11.8. The molecule has 0 aliphatic carbocycles. The van der Waals surface area contributed by atoms with Crippen LogP contribution in [0.3, 0.4) is 0 Å². The number of carbonyl (C=O) groups is 1. The molecule has 1 aromatic carbocycles. The zero-order valence-electron chi connectivity index (χ0n) is 9.23. The average molecular weight is 237 g/mol. The van der Waals surface area contributed by atoms with Gasteiger partial charge in [-0.25, -0.2) is 4.79 Å². The van der Waals surface area contributed by atoms with E-state index in [1.807, 2.05) is 30.3 Å². The van der Waals surface area contributed by atoms with E-state index >= 15 is 0 Å². The molecule has 0 unspecified atom stereocenters. The highest BCUT2D eigenvalue weighted by Crippen LogP contribution is 2.26. The molecule has 0 saturated carbocycles. The molecule has 1 amide bonds. The molecule has 1 rings (SSSR count). The van der Waals surface area contributed by atoms with Crippen molar-refractivity contribution in [2.75, 3.05) is 17.7 Å². The van der Waals surface area contributed by atoms with Gasteiger partial charge in [-0.1, -0.05) is 18.2 Å². The predicted molar refractivity (Wildman–Crippen MR) is 68.0 cm³/mol. The largest absolute Gasteiger partial charge is 0.450 e. The number of amides is 1. The molecule has 1 aromatic rings. The number of rotatable bonds is 5. The van der Waals surface area contributed by atoms with Gasteiger partial charge in [0.25, 0.3) is 0 Å². The van der Waals surface area contributed by atoms with Gasteiger partial charge in [0.15, 0.2) is 0 Å². The fraction of sp³-hybridized carbons (Fsp3) is 0.250. The standard InChI is InChI=1S/C12H15NO2S/c1-3-9-16-11-8-6-5-7-10(11)13-12(14)15-4-2/h3,5-8H,1,4,9H2,2H3,(H,13,14). The van der Waals surface area contributed by atoms with E-state index in [4.69, 9.17) is 4.74 Å². The number of hydrogen-bond donors (Lipinski definition) is 1. The van der Waals surface area contributed by atoms with E-state index in [2.05, 4.69) is 11.9 Å². The fourth-order valence-corrected chi connectivity index (χ4v) is 1.87. The average Bonchev–Trinajstić information content (AvgIpc) is 2.28. The van der Waals surface area contributed by atoms with Gasteiger partial charge in [-0.2, -0.15) is 0 Å².